The van der Waals surface area contributed by atoms with Gasteiger partial charge in [0.15, 0.2) is 0 Å². The molecule has 0 amide bonds. The lowest BCUT2D eigenvalue weighted by atomic mass is 10.3. The van der Waals surface area contributed by atoms with E-state index in [0.717, 1.165) is 16.3 Å². The standard InChI is InChI=1S/C9H6N2S2/c10-3-1-8-6-13-9(11-8)7-2-4-12-5-7/h2,4-6H,1H2. The Hall–Kier alpha value is -1.18. The summed E-state index contributed by atoms with van der Waals surface area (Å²) < 4.78 is 0. The minimum atomic E-state index is 0.403. The van der Waals surface area contributed by atoms with E-state index in [1.165, 1.54) is 0 Å². The molecule has 0 fully saturated rings. The summed E-state index contributed by atoms with van der Waals surface area (Å²) in [4.78, 5) is 4.35. The molecule has 0 aliphatic heterocycles. The van der Waals surface area contributed by atoms with E-state index in [4.69, 9.17) is 5.26 Å². The topological polar surface area (TPSA) is 36.7 Å². The first-order valence-electron chi connectivity index (χ1n) is 3.74. The van der Waals surface area contributed by atoms with Crippen LogP contribution < -0.4 is 0 Å². The molecule has 2 aromatic rings. The minimum Gasteiger partial charge on any atom is -0.240 e. The number of aromatic nitrogens is 1. The highest BCUT2D eigenvalue weighted by Crippen LogP contribution is 2.25. The minimum absolute atomic E-state index is 0.403. The average Bonchev–Trinajstić information content (AvgIpc) is 2.70. The number of rotatable bonds is 2. The van der Waals surface area contributed by atoms with Crippen molar-refractivity contribution in [2.24, 2.45) is 0 Å². The fourth-order valence-electron chi connectivity index (χ4n) is 0.988. The fraction of sp³-hybridized carbons (Fsp3) is 0.111. The van der Waals surface area contributed by atoms with Crippen molar-refractivity contribution in [2.75, 3.05) is 0 Å². The van der Waals surface area contributed by atoms with Gasteiger partial charge in [-0.1, -0.05) is 0 Å². The molecule has 0 saturated heterocycles. The molecule has 0 radical (unpaired) electrons. The molecule has 13 heavy (non-hydrogen) atoms. The third-order valence-corrected chi connectivity index (χ3v) is 3.20. The summed E-state index contributed by atoms with van der Waals surface area (Å²) in [5, 5.41) is 15.5. The summed E-state index contributed by atoms with van der Waals surface area (Å²) in [7, 11) is 0. The number of hydrogen-bond acceptors (Lipinski definition) is 4. The van der Waals surface area contributed by atoms with Crippen molar-refractivity contribution < 1.29 is 0 Å². The Morgan fingerprint density at radius 2 is 2.38 bits per heavy atom. The van der Waals surface area contributed by atoms with E-state index < -0.39 is 0 Å². The number of nitriles is 1. The molecule has 0 saturated carbocycles. The van der Waals surface area contributed by atoms with Crippen molar-refractivity contribution >= 4 is 22.7 Å². The van der Waals surface area contributed by atoms with Gasteiger partial charge in [0.1, 0.15) is 5.01 Å². The van der Waals surface area contributed by atoms with Crippen LogP contribution in [0, 0.1) is 11.3 Å². The Morgan fingerprint density at radius 3 is 3.08 bits per heavy atom. The molecule has 4 heteroatoms. The summed E-state index contributed by atoms with van der Waals surface area (Å²) in [6, 6.07) is 4.13. The first-order chi connectivity index (χ1) is 6.40. The van der Waals surface area contributed by atoms with E-state index in [0.29, 0.717) is 6.42 Å². The van der Waals surface area contributed by atoms with Gasteiger partial charge in [0, 0.05) is 16.3 Å². The maximum absolute atomic E-state index is 8.48. The van der Waals surface area contributed by atoms with Gasteiger partial charge in [0.05, 0.1) is 18.2 Å². The van der Waals surface area contributed by atoms with Crippen LogP contribution in [0.4, 0.5) is 0 Å². The molecule has 64 valence electrons. The third-order valence-electron chi connectivity index (χ3n) is 1.58. The van der Waals surface area contributed by atoms with Crippen molar-refractivity contribution in [3.05, 3.63) is 27.9 Å². The fourth-order valence-corrected chi connectivity index (χ4v) is 2.52. The van der Waals surface area contributed by atoms with E-state index in [2.05, 4.69) is 16.4 Å². The van der Waals surface area contributed by atoms with Crippen molar-refractivity contribution in [1.29, 1.82) is 5.26 Å². The van der Waals surface area contributed by atoms with Crippen LogP contribution >= 0.6 is 22.7 Å². The van der Waals surface area contributed by atoms with Gasteiger partial charge >= 0.3 is 0 Å². The Bertz CT molecular complexity index is 423. The molecule has 0 aliphatic carbocycles. The zero-order chi connectivity index (χ0) is 9.10. The smallest absolute Gasteiger partial charge is 0.124 e. The van der Waals surface area contributed by atoms with Gasteiger partial charge in [0.2, 0.25) is 0 Å². The Labute approximate surface area is 84.1 Å². The maximum atomic E-state index is 8.48. The molecule has 2 nitrogen and oxygen atoms in total. The molecule has 2 rings (SSSR count). The third kappa shape index (κ3) is 1.77. The van der Waals surface area contributed by atoms with E-state index >= 15 is 0 Å². The summed E-state index contributed by atoms with van der Waals surface area (Å²) in [5.74, 6) is 0. The van der Waals surface area contributed by atoms with Crippen molar-refractivity contribution in [3.63, 3.8) is 0 Å². The van der Waals surface area contributed by atoms with Gasteiger partial charge < -0.3 is 0 Å². The molecule has 2 heterocycles. The highest BCUT2D eigenvalue weighted by molar-refractivity contribution is 7.14. The van der Waals surface area contributed by atoms with Crippen LogP contribution in [0.1, 0.15) is 5.69 Å². The molecular weight excluding hydrogens is 200 g/mol. The van der Waals surface area contributed by atoms with Crippen LogP contribution in [0.3, 0.4) is 0 Å². The van der Waals surface area contributed by atoms with Gasteiger partial charge in [-0.3, -0.25) is 0 Å². The van der Waals surface area contributed by atoms with E-state index in [9.17, 15) is 0 Å². The van der Waals surface area contributed by atoms with Crippen LogP contribution in [0.15, 0.2) is 22.2 Å². The molecule has 0 aromatic carbocycles. The Balaban J connectivity index is 2.29. The number of nitrogens with zero attached hydrogens (tertiary/aromatic N) is 2. The monoisotopic (exact) mass is 206 g/mol. The second-order valence-corrected chi connectivity index (χ2v) is 4.13. The molecule has 0 bridgehead atoms. The van der Waals surface area contributed by atoms with E-state index in [1.807, 2.05) is 16.8 Å². The molecule has 0 spiro atoms. The quantitative estimate of drug-likeness (QED) is 0.757. The number of thiophene rings is 1. The molecular formula is C9H6N2S2. The molecule has 2 aromatic heterocycles. The van der Waals surface area contributed by atoms with E-state index in [1.54, 1.807) is 22.7 Å². The summed E-state index contributed by atoms with van der Waals surface area (Å²) in [6.45, 7) is 0. The largest absolute Gasteiger partial charge is 0.240 e. The Morgan fingerprint density at radius 1 is 1.46 bits per heavy atom. The Kier molecular flexibility index (Phi) is 2.39. The second-order valence-electron chi connectivity index (χ2n) is 2.49. The maximum Gasteiger partial charge on any atom is 0.124 e. The molecule has 0 N–H and O–H groups in total. The summed E-state index contributed by atoms with van der Waals surface area (Å²) >= 11 is 3.25. The summed E-state index contributed by atoms with van der Waals surface area (Å²) in [6.07, 6.45) is 0.403. The van der Waals surface area contributed by atoms with Gasteiger partial charge in [-0.2, -0.15) is 16.6 Å². The summed E-state index contributed by atoms with van der Waals surface area (Å²) in [5.41, 5.74) is 2.02. The molecule has 0 aliphatic rings. The highest BCUT2D eigenvalue weighted by Gasteiger charge is 2.03. The molecule has 0 atom stereocenters. The van der Waals surface area contributed by atoms with E-state index in [-0.39, 0.29) is 0 Å². The second kappa shape index (κ2) is 3.69. The van der Waals surface area contributed by atoms with Crippen LogP contribution in [-0.2, 0) is 6.42 Å². The highest BCUT2D eigenvalue weighted by atomic mass is 32.1. The number of hydrogen-bond donors (Lipinski definition) is 0. The van der Waals surface area contributed by atoms with Crippen LogP contribution in [-0.4, -0.2) is 4.98 Å². The average molecular weight is 206 g/mol. The first kappa shape index (κ1) is 8.42. The lowest BCUT2D eigenvalue weighted by Gasteiger charge is -1.86. The van der Waals surface area contributed by atoms with Gasteiger partial charge in [-0.15, -0.1) is 11.3 Å². The van der Waals surface area contributed by atoms with Crippen molar-refractivity contribution in [2.45, 2.75) is 6.42 Å². The van der Waals surface area contributed by atoms with Crippen LogP contribution in [0.2, 0.25) is 0 Å². The lowest BCUT2D eigenvalue weighted by molar-refractivity contribution is 1.16. The van der Waals surface area contributed by atoms with Crippen molar-refractivity contribution in [3.8, 4) is 16.6 Å². The van der Waals surface area contributed by atoms with Gasteiger partial charge in [-0.25, -0.2) is 4.98 Å². The predicted molar refractivity (Wildman–Crippen MR) is 54.7 cm³/mol. The zero-order valence-corrected chi connectivity index (χ0v) is 8.36. The SMILES string of the molecule is N#CCc1csc(-c2ccsc2)n1. The van der Waals surface area contributed by atoms with Crippen LogP contribution in [0.5, 0.6) is 0 Å². The van der Waals surface area contributed by atoms with Crippen molar-refractivity contribution in [1.82, 2.24) is 4.98 Å². The van der Waals surface area contributed by atoms with Crippen LogP contribution in [0.25, 0.3) is 10.6 Å². The van der Waals surface area contributed by atoms with Gasteiger partial charge in [0.25, 0.3) is 0 Å². The molecule has 0 unspecified atom stereocenters. The van der Waals surface area contributed by atoms with Gasteiger partial charge in [-0.05, 0) is 11.4 Å². The first-order valence-corrected chi connectivity index (χ1v) is 5.56. The lowest BCUT2D eigenvalue weighted by Crippen LogP contribution is -1.80. The number of thiazole rings is 1. The normalized spacial score (nSPS) is 9.77. The predicted octanol–water partition coefficient (Wildman–Crippen LogP) is 2.94. The zero-order valence-electron chi connectivity index (χ0n) is 6.73.